The van der Waals surface area contributed by atoms with Crippen molar-refractivity contribution in [3.05, 3.63) is 35.9 Å². The number of nitrogens with two attached hydrogens (primary N) is 1. The van der Waals surface area contributed by atoms with Gasteiger partial charge in [0.25, 0.3) is 0 Å². The van der Waals surface area contributed by atoms with Crippen molar-refractivity contribution in [3.8, 4) is 0 Å². The van der Waals surface area contributed by atoms with E-state index in [2.05, 4.69) is 6.07 Å². The Morgan fingerprint density at radius 2 is 1.89 bits per heavy atom. The summed E-state index contributed by atoms with van der Waals surface area (Å²) in [6.07, 6.45) is 0. The summed E-state index contributed by atoms with van der Waals surface area (Å²) in [5.41, 5.74) is 6.49. The van der Waals surface area contributed by atoms with Crippen molar-refractivity contribution in [2.75, 3.05) is 0 Å². The summed E-state index contributed by atoms with van der Waals surface area (Å²) in [6, 6.07) is 10.6. The quantitative estimate of drug-likeness (QED) is 0.738. The Bertz CT molecular complexity index is 150. The van der Waals surface area contributed by atoms with Crippen LogP contribution in [0.15, 0.2) is 24.3 Å². The monoisotopic (exact) mass is 248 g/mol. The maximum Gasteiger partial charge on any atom is 0 e. The van der Waals surface area contributed by atoms with Crippen LogP contribution >= 0.6 is 0 Å². The Morgan fingerprint density at radius 3 is 2.22 bits per heavy atom. The van der Waals surface area contributed by atoms with Crippen LogP contribution < -0.4 is 5.73 Å². The number of hydrogen-bond donors (Lipinski definition) is 1. The summed E-state index contributed by atoms with van der Waals surface area (Å²) < 4.78 is 0. The van der Waals surface area contributed by atoms with E-state index in [9.17, 15) is 0 Å². The van der Waals surface area contributed by atoms with Gasteiger partial charge in [-0.1, -0.05) is 0 Å². The molecule has 9 heavy (non-hydrogen) atoms. The van der Waals surface area contributed by atoms with Crippen molar-refractivity contribution < 1.29 is 40.8 Å². The van der Waals surface area contributed by atoms with Gasteiger partial charge in [-0.3, -0.25) is 0 Å². The minimum absolute atomic E-state index is 0. The fourth-order valence-corrected chi connectivity index (χ4v) is 0.557. The molecule has 0 saturated heterocycles. The van der Waals surface area contributed by atoms with Crippen LogP contribution in [0.3, 0.4) is 0 Å². The summed E-state index contributed by atoms with van der Waals surface area (Å²) >= 11 is 0. The first-order valence-electron chi connectivity index (χ1n) is 2.58. The van der Waals surface area contributed by atoms with Gasteiger partial charge >= 0.3 is 0 Å². The molecule has 0 aliphatic heterocycles. The maximum atomic E-state index is 5.34. The predicted molar refractivity (Wildman–Crippen MR) is 33.2 cm³/mol. The van der Waals surface area contributed by atoms with Crippen LogP contribution in [-0.4, -0.2) is 0 Å². The summed E-state index contributed by atoms with van der Waals surface area (Å²) in [5, 5.41) is 0. The minimum atomic E-state index is 0. The fraction of sp³-hybridized carbons (Fsp3) is 0.143. The van der Waals surface area contributed by atoms with Gasteiger partial charge in [-0.15, -0.1) is 5.56 Å². The Morgan fingerprint density at radius 1 is 1.33 bits per heavy atom. The smallest absolute Gasteiger partial charge is 0 e. The molecule has 0 bridgehead atoms. The molecule has 0 aliphatic rings. The molecule has 0 fully saturated rings. The van der Waals surface area contributed by atoms with Gasteiger partial charge < -0.3 is 5.73 Å². The third-order valence-corrected chi connectivity index (χ3v) is 1.02. The third-order valence-electron chi connectivity index (χ3n) is 1.02. The molecule has 0 aromatic heterocycles. The number of hydrogen-bond acceptors (Lipinski definition) is 1. The van der Waals surface area contributed by atoms with E-state index in [1.807, 2.05) is 24.3 Å². The van der Waals surface area contributed by atoms with Crippen LogP contribution in [0, 0.1) is 46.9 Å². The molecule has 0 unspecified atom stereocenters. The second-order valence-electron chi connectivity index (χ2n) is 1.61. The summed E-state index contributed by atoms with van der Waals surface area (Å²) in [7, 11) is 0. The number of benzene rings is 1. The maximum absolute atomic E-state index is 5.34. The Kier molecular flexibility index (Phi) is 5.64. The van der Waals surface area contributed by atoms with E-state index < -0.39 is 0 Å². The zero-order valence-corrected chi connectivity index (χ0v) is 8.30. The van der Waals surface area contributed by atoms with Crippen LogP contribution in [0.2, 0.25) is 0 Å². The predicted octanol–water partition coefficient (Wildman–Crippen LogP) is 0.945. The van der Waals surface area contributed by atoms with Gasteiger partial charge in [-0.05, 0) is 6.54 Å². The van der Waals surface area contributed by atoms with Crippen molar-refractivity contribution in [1.82, 2.24) is 0 Å². The molecule has 1 nitrogen and oxygen atoms in total. The van der Waals surface area contributed by atoms with Gasteiger partial charge in [0.05, 0.1) is 0 Å². The average Bonchev–Trinajstić information content (AvgIpc) is 1.90. The van der Waals surface area contributed by atoms with Crippen molar-refractivity contribution in [2.24, 2.45) is 5.73 Å². The molecule has 46 valence electrons. The molecule has 0 atom stereocenters. The van der Waals surface area contributed by atoms with E-state index in [1.165, 1.54) is 0 Å². The van der Waals surface area contributed by atoms with Gasteiger partial charge in [0.2, 0.25) is 0 Å². The Balaban J connectivity index is 0.000000640. The van der Waals surface area contributed by atoms with Crippen LogP contribution in [0.1, 0.15) is 5.56 Å². The first-order chi connectivity index (χ1) is 3.93. The molecular formula is C7H8NNd-. The van der Waals surface area contributed by atoms with Crippen LogP contribution in [0.5, 0.6) is 0 Å². The summed E-state index contributed by atoms with van der Waals surface area (Å²) in [5.74, 6) is 0. The first kappa shape index (κ1) is 9.53. The zero-order valence-electron chi connectivity index (χ0n) is 5.09. The van der Waals surface area contributed by atoms with E-state index in [0.29, 0.717) is 6.54 Å². The fourth-order valence-electron chi connectivity index (χ4n) is 0.557. The molecule has 1 aromatic carbocycles. The van der Waals surface area contributed by atoms with Crippen LogP contribution in [-0.2, 0) is 6.54 Å². The summed E-state index contributed by atoms with van der Waals surface area (Å²) in [4.78, 5) is 0. The first-order valence-corrected chi connectivity index (χ1v) is 2.58. The molecule has 2 heteroatoms. The van der Waals surface area contributed by atoms with Gasteiger partial charge in [0.1, 0.15) is 0 Å². The molecule has 1 rings (SSSR count). The molecular weight excluding hydrogens is 242 g/mol. The molecule has 1 aromatic rings. The van der Waals surface area contributed by atoms with Gasteiger partial charge in [-0.2, -0.15) is 30.3 Å². The minimum Gasteiger partial charge on any atom is -0.328 e. The molecule has 0 spiro atoms. The van der Waals surface area contributed by atoms with E-state index >= 15 is 0 Å². The second kappa shape index (κ2) is 5.33. The van der Waals surface area contributed by atoms with Gasteiger partial charge in [-0.25, -0.2) is 0 Å². The van der Waals surface area contributed by atoms with Crippen LogP contribution in [0.25, 0.3) is 0 Å². The Labute approximate surface area is 88.2 Å². The van der Waals surface area contributed by atoms with Gasteiger partial charge in [0, 0.05) is 40.8 Å². The topological polar surface area (TPSA) is 26.0 Å². The normalized spacial score (nSPS) is 8.11. The standard InChI is InChI=1S/C7H8N.Nd/c8-6-7-4-2-1-3-5-7;/h2-5H,6,8H2;/q-1;. The number of rotatable bonds is 1. The van der Waals surface area contributed by atoms with Crippen molar-refractivity contribution in [3.63, 3.8) is 0 Å². The van der Waals surface area contributed by atoms with Gasteiger partial charge in [0.15, 0.2) is 0 Å². The van der Waals surface area contributed by atoms with E-state index in [0.717, 1.165) is 5.56 Å². The van der Waals surface area contributed by atoms with E-state index in [1.54, 1.807) is 0 Å². The van der Waals surface area contributed by atoms with Crippen molar-refractivity contribution in [1.29, 1.82) is 0 Å². The third kappa shape index (κ3) is 3.28. The molecule has 0 aliphatic carbocycles. The zero-order chi connectivity index (χ0) is 5.82. The second-order valence-corrected chi connectivity index (χ2v) is 1.61. The largest absolute Gasteiger partial charge is 0.328 e. The van der Waals surface area contributed by atoms with E-state index in [-0.39, 0.29) is 40.8 Å². The molecule has 0 amide bonds. The van der Waals surface area contributed by atoms with Crippen LogP contribution in [0.4, 0.5) is 0 Å². The Hall–Kier alpha value is 0.531. The van der Waals surface area contributed by atoms with Crippen molar-refractivity contribution >= 4 is 0 Å². The average molecular weight is 250 g/mol. The van der Waals surface area contributed by atoms with E-state index in [4.69, 9.17) is 5.73 Å². The van der Waals surface area contributed by atoms with Crippen molar-refractivity contribution in [2.45, 2.75) is 6.54 Å². The summed E-state index contributed by atoms with van der Waals surface area (Å²) in [6.45, 7) is 0.620. The molecule has 0 radical (unpaired) electrons. The SMILES string of the molecule is NCc1cc[c-]cc1.[Nd]. The molecule has 0 saturated carbocycles. The molecule has 2 N–H and O–H groups in total. The molecule has 0 heterocycles.